The Morgan fingerprint density at radius 3 is 2.62 bits per heavy atom. The first-order chi connectivity index (χ1) is 7.77. The van der Waals surface area contributed by atoms with E-state index in [1.807, 2.05) is 18.3 Å². The lowest BCUT2D eigenvalue weighted by Gasteiger charge is -2.18. The summed E-state index contributed by atoms with van der Waals surface area (Å²) in [7, 11) is 0. The Balaban J connectivity index is 2.00. The first kappa shape index (κ1) is 11.3. The van der Waals surface area contributed by atoms with E-state index in [9.17, 15) is 0 Å². The quantitative estimate of drug-likeness (QED) is 0.872. The van der Waals surface area contributed by atoms with E-state index in [0.717, 1.165) is 5.69 Å². The number of nitrogens with zero attached hydrogens (tertiary/aromatic N) is 1. The predicted molar refractivity (Wildman–Crippen MR) is 68.5 cm³/mol. The number of aromatic nitrogens is 1. The van der Waals surface area contributed by atoms with E-state index in [1.165, 1.54) is 4.88 Å². The molecule has 2 heterocycles. The van der Waals surface area contributed by atoms with Crippen LogP contribution in [0.1, 0.15) is 36.5 Å². The number of thiophene rings is 1. The SMILES string of the molecule is CC(N[C@H](C)c1cccs1)c1ccccn1. The van der Waals surface area contributed by atoms with Crippen molar-refractivity contribution in [1.29, 1.82) is 0 Å². The van der Waals surface area contributed by atoms with Crippen LogP contribution in [0.3, 0.4) is 0 Å². The van der Waals surface area contributed by atoms with E-state index in [4.69, 9.17) is 0 Å². The second-order valence-electron chi connectivity index (χ2n) is 3.88. The fourth-order valence-electron chi connectivity index (χ4n) is 1.71. The Morgan fingerprint density at radius 1 is 1.12 bits per heavy atom. The predicted octanol–water partition coefficient (Wildman–Crippen LogP) is 3.55. The van der Waals surface area contributed by atoms with E-state index in [0.29, 0.717) is 6.04 Å². The molecule has 2 nitrogen and oxygen atoms in total. The van der Waals surface area contributed by atoms with Crippen LogP contribution < -0.4 is 5.32 Å². The molecule has 0 aromatic carbocycles. The zero-order valence-corrected chi connectivity index (χ0v) is 10.4. The van der Waals surface area contributed by atoms with Crippen LogP contribution in [0.4, 0.5) is 0 Å². The molecule has 2 rings (SSSR count). The summed E-state index contributed by atoms with van der Waals surface area (Å²) in [6.07, 6.45) is 1.84. The van der Waals surface area contributed by atoms with Gasteiger partial charge in [0.1, 0.15) is 0 Å². The average molecular weight is 232 g/mol. The van der Waals surface area contributed by atoms with Crippen LogP contribution in [-0.4, -0.2) is 4.98 Å². The molecular formula is C13H16N2S. The fourth-order valence-corrected chi connectivity index (χ4v) is 2.46. The second kappa shape index (κ2) is 5.23. The Kier molecular flexibility index (Phi) is 3.70. The van der Waals surface area contributed by atoms with Gasteiger partial charge in [0.15, 0.2) is 0 Å². The highest BCUT2D eigenvalue weighted by atomic mass is 32.1. The minimum atomic E-state index is 0.276. The van der Waals surface area contributed by atoms with Crippen LogP contribution >= 0.6 is 11.3 Å². The number of nitrogens with one attached hydrogen (secondary N) is 1. The Morgan fingerprint density at radius 2 is 2.00 bits per heavy atom. The molecule has 2 atom stereocenters. The van der Waals surface area contributed by atoms with Crippen LogP contribution in [-0.2, 0) is 0 Å². The van der Waals surface area contributed by atoms with Gasteiger partial charge in [-0.15, -0.1) is 11.3 Å². The average Bonchev–Trinajstić information content (AvgIpc) is 2.83. The molecule has 0 aliphatic carbocycles. The summed E-state index contributed by atoms with van der Waals surface area (Å²) in [5, 5.41) is 5.66. The molecule has 0 amide bonds. The van der Waals surface area contributed by atoms with Crippen molar-refractivity contribution < 1.29 is 0 Å². The molecule has 0 radical (unpaired) electrons. The van der Waals surface area contributed by atoms with Crippen molar-refractivity contribution in [2.24, 2.45) is 0 Å². The summed E-state index contributed by atoms with van der Waals surface area (Å²) >= 11 is 1.79. The number of rotatable bonds is 4. The fraction of sp³-hybridized carbons (Fsp3) is 0.308. The molecule has 0 bridgehead atoms. The monoisotopic (exact) mass is 232 g/mol. The molecule has 2 aromatic heterocycles. The molecule has 0 aliphatic rings. The molecule has 0 saturated carbocycles. The Bertz CT molecular complexity index is 411. The molecule has 1 unspecified atom stereocenters. The minimum Gasteiger partial charge on any atom is -0.301 e. The highest BCUT2D eigenvalue weighted by molar-refractivity contribution is 7.10. The molecular weight excluding hydrogens is 216 g/mol. The molecule has 0 saturated heterocycles. The van der Waals surface area contributed by atoms with Gasteiger partial charge >= 0.3 is 0 Å². The van der Waals surface area contributed by atoms with Gasteiger partial charge in [0, 0.05) is 23.2 Å². The van der Waals surface area contributed by atoms with Crippen molar-refractivity contribution in [2.75, 3.05) is 0 Å². The van der Waals surface area contributed by atoms with Gasteiger partial charge in [0.05, 0.1) is 5.69 Å². The summed E-state index contributed by atoms with van der Waals surface area (Å²) in [6.45, 7) is 4.33. The van der Waals surface area contributed by atoms with E-state index < -0.39 is 0 Å². The maximum atomic E-state index is 4.35. The van der Waals surface area contributed by atoms with Gasteiger partial charge in [-0.05, 0) is 37.4 Å². The first-order valence-electron chi connectivity index (χ1n) is 5.48. The molecule has 0 spiro atoms. The van der Waals surface area contributed by atoms with Gasteiger partial charge in [0.25, 0.3) is 0 Å². The highest BCUT2D eigenvalue weighted by Gasteiger charge is 2.11. The molecule has 1 N–H and O–H groups in total. The lowest BCUT2D eigenvalue weighted by Crippen LogP contribution is -2.22. The van der Waals surface area contributed by atoms with Gasteiger partial charge in [-0.25, -0.2) is 0 Å². The van der Waals surface area contributed by atoms with Crippen LogP contribution in [0.5, 0.6) is 0 Å². The topological polar surface area (TPSA) is 24.9 Å². The van der Waals surface area contributed by atoms with Crippen molar-refractivity contribution in [1.82, 2.24) is 10.3 Å². The van der Waals surface area contributed by atoms with Crippen molar-refractivity contribution in [3.05, 3.63) is 52.5 Å². The Labute approximate surface area is 100 Å². The van der Waals surface area contributed by atoms with Gasteiger partial charge in [0.2, 0.25) is 0 Å². The van der Waals surface area contributed by atoms with E-state index in [2.05, 4.69) is 47.7 Å². The van der Waals surface area contributed by atoms with Crippen LogP contribution in [0.25, 0.3) is 0 Å². The lowest BCUT2D eigenvalue weighted by molar-refractivity contribution is 0.491. The third kappa shape index (κ3) is 2.68. The molecule has 0 fully saturated rings. The summed E-state index contributed by atoms with van der Waals surface area (Å²) in [6, 6.07) is 10.9. The molecule has 0 aliphatic heterocycles. The number of pyridine rings is 1. The third-order valence-electron chi connectivity index (χ3n) is 2.60. The third-order valence-corrected chi connectivity index (χ3v) is 3.66. The molecule has 2 aromatic rings. The van der Waals surface area contributed by atoms with Crippen LogP contribution in [0.15, 0.2) is 41.9 Å². The van der Waals surface area contributed by atoms with Gasteiger partial charge < -0.3 is 5.32 Å². The summed E-state index contributed by atoms with van der Waals surface area (Å²) in [5.41, 5.74) is 1.09. The smallest absolute Gasteiger partial charge is 0.0570 e. The van der Waals surface area contributed by atoms with Crippen LogP contribution in [0, 0.1) is 0 Å². The summed E-state index contributed by atoms with van der Waals surface area (Å²) in [5.74, 6) is 0. The van der Waals surface area contributed by atoms with Gasteiger partial charge in [-0.1, -0.05) is 12.1 Å². The Hall–Kier alpha value is -1.19. The molecule has 84 valence electrons. The van der Waals surface area contributed by atoms with E-state index >= 15 is 0 Å². The van der Waals surface area contributed by atoms with Gasteiger partial charge in [-0.2, -0.15) is 0 Å². The van der Waals surface area contributed by atoms with Crippen molar-refractivity contribution in [2.45, 2.75) is 25.9 Å². The maximum Gasteiger partial charge on any atom is 0.0570 e. The van der Waals surface area contributed by atoms with E-state index in [-0.39, 0.29) is 6.04 Å². The normalized spacial score (nSPS) is 14.6. The summed E-state index contributed by atoms with van der Waals surface area (Å²) < 4.78 is 0. The maximum absolute atomic E-state index is 4.35. The minimum absolute atomic E-state index is 0.276. The first-order valence-corrected chi connectivity index (χ1v) is 6.35. The molecule has 16 heavy (non-hydrogen) atoms. The van der Waals surface area contributed by atoms with Crippen molar-refractivity contribution >= 4 is 11.3 Å². The van der Waals surface area contributed by atoms with E-state index in [1.54, 1.807) is 11.3 Å². The second-order valence-corrected chi connectivity index (χ2v) is 4.86. The molecule has 3 heteroatoms. The summed E-state index contributed by atoms with van der Waals surface area (Å²) in [4.78, 5) is 5.72. The lowest BCUT2D eigenvalue weighted by atomic mass is 10.1. The highest BCUT2D eigenvalue weighted by Crippen LogP contribution is 2.21. The van der Waals surface area contributed by atoms with Crippen molar-refractivity contribution in [3.8, 4) is 0 Å². The standard InChI is InChI=1S/C13H16N2S/c1-10(12-6-3-4-8-14-12)15-11(2)13-7-5-9-16-13/h3-11,15H,1-2H3/t10?,11-/m1/s1. The zero-order valence-electron chi connectivity index (χ0n) is 9.55. The van der Waals surface area contributed by atoms with Gasteiger partial charge in [-0.3, -0.25) is 4.98 Å². The zero-order chi connectivity index (χ0) is 11.4. The largest absolute Gasteiger partial charge is 0.301 e. The number of hydrogen-bond donors (Lipinski definition) is 1. The van der Waals surface area contributed by atoms with Crippen molar-refractivity contribution in [3.63, 3.8) is 0 Å². The van der Waals surface area contributed by atoms with Crippen LogP contribution in [0.2, 0.25) is 0 Å². The number of hydrogen-bond acceptors (Lipinski definition) is 3.